The second kappa shape index (κ2) is 6.66. The molecule has 1 N–H and O–H groups in total. The molecule has 1 aromatic heterocycles. The number of carbonyl (C=O) groups is 1. The van der Waals surface area contributed by atoms with Crippen LogP contribution in [0.1, 0.15) is 49.4 Å². The lowest BCUT2D eigenvalue weighted by molar-refractivity contribution is 0.101. The van der Waals surface area contributed by atoms with Crippen LogP contribution >= 0.6 is 0 Å². The Hall–Kier alpha value is -1.42. The van der Waals surface area contributed by atoms with Crippen LogP contribution in [0, 0.1) is 0 Å². The minimum atomic E-state index is 0.0295. The Morgan fingerprint density at radius 1 is 1.42 bits per heavy atom. The van der Waals surface area contributed by atoms with Crippen LogP contribution in [0.3, 0.4) is 0 Å². The highest BCUT2D eigenvalue weighted by Crippen LogP contribution is 2.28. The maximum atomic E-state index is 11.7. The van der Waals surface area contributed by atoms with Crippen molar-refractivity contribution in [2.75, 3.05) is 18.1 Å². The number of carbonyl (C=O) groups excluding carboxylic acids is 1. The molecular formula is C15H22N2O2. The van der Waals surface area contributed by atoms with Gasteiger partial charge in [0.05, 0.1) is 12.2 Å². The molecule has 19 heavy (non-hydrogen) atoms. The van der Waals surface area contributed by atoms with E-state index in [0.29, 0.717) is 18.2 Å². The standard InChI is InChI=1S/C15H22N2O2/c1-12(19)14-8-5-9-16-15(14)17(10-11-18)13-6-3-2-4-7-13/h5,8-9,13,18H,2-4,6-7,10-11H2,1H3. The Bertz CT molecular complexity index is 428. The molecule has 1 fully saturated rings. The molecule has 0 amide bonds. The molecule has 104 valence electrons. The van der Waals surface area contributed by atoms with Crippen molar-refractivity contribution >= 4 is 11.6 Å². The smallest absolute Gasteiger partial charge is 0.163 e. The summed E-state index contributed by atoms with van der Waals surface area (Å²) in [5.41, 5.74) is 0.654. The quantitative estimate of drug-likeness (QED) is 0.828. The molecule has 1 heterocycles. The zero-order chi connectivity index (χ0) is 13.7. The van der Waals surface area contributed by atoms with E-state index in [2.05, 4.69) is 9.88 Å². The number of aromatic nitrogens is 1. The van der Waals surface area contributed by atoms with Gasteiger partial charge >= 0.3 is 0 Å². The van der Waals surface area contributed by atoms with Crippen LogP contribution in [0.2, 0.25) is 0 Å². The lowest BCUT2D eigenvalue weighted by atomic mass is 9.93. The zero-order valence-electron chi connectivity index (χ0n) is 11.5. The number of Topliss-reactive ketones (excluding diaryl/α,β-unsaturated/α-hetero) is 1. The lowest BCUT2D eigenvalue weighted by Gasteiger charge is -2.35. The van der Waals surface area contributed by atoms with Gasteiger partial charge in [-0.15, -0.1) is 0 Å². The minimum absolute atomic E-state index is 0.0295. The first-order valence-electron chi connectivity index (χ1n) is 7.07. The zero-order valence-corrected chi connectivity index (χ0v) is 11.5. The monoisotopic (exact) mass is 262 g/mol. The number of anilines is 1. The average Bonchev–Trinajstić information content (AvgIpc) is 2.45. The molecule has 0 saturated heterocycles. The van der Waals surface area contributed by atoms with Crippen molar-refractivity contribution in [3.05, 3.63) is 23.9 Å². The predicted octanol–water partition coefficient (Wildman–Crippen LogP) is 2.42. The van der Waals surface area contributed by atoms with Gasteiger partial charge in [-0.05, 0) is 31.9 Å². The maximum Gasteiger partial charge on any atom is 0.163 e. The fourth-order valence-corrected chi connectivity index (χ4v) is 2.86. The summed E-state index contributed by atoms with van der Waals surface area (Å²) in [5.74, 6) is 0.762. The van der Waals surface area contributed by atoms with Gasteiger partial charge in [0.2, 0.25) is 0 Å². The first-order chi connectivity index (χ1) is 9.24. The number of rotatable bonds is 5. The Morgan fingerprint density at radius 3 is 2.79 bits per heavy atom. The van der Waals surface area contributed by atoms with Crippen molar-refractivity contribution in [1.82, 2.24) is 4.98 Å². The molecule has 0 atom stereocenters. The Labute approximate surface area is 114 Å². The first kappa shape index (κ1) is 14.0. The summed E-state index contributed by atoms with van der Waals surface area (Å²) < 4.78 is 0. The third-order valence-electron chi connectivity index (χ3n) is 3.79. The van der Waals surface area contributed by atoms with Gasteiger partial charge < -0.3 is 10.0 Å². The molecule has 0 aliphatic heterocycles. The number of hydrogen-bond acceptors (Lipinski definition) is 4. The third kappa shape index (κ3) is 3.32. The van der Waals surface area contributed by atoms with Crippen molar-refractivity contribution in [2.24, 2.45) is 0 Å². The summed E-state index contributed by atoms with van der Waals surface area (Å²) in [5, 5.41) is 9.30. The van der Waals surface area contributed by atoms with Crippen molar-refractivity contribution in [3.8, 4) is 0 Å². The Kier molecular flexibility index (Phi) is 4.91. The molecule has 0 spiro atoms. The summed E-state index contributed by atoms with van der Waals surface area (Å²) in [6.07, 6.45) is 7.67. The normalized spacial score (nSPS) is 16.3. The van der Waals surface area contributed by atoms with Gasteiger partial charge in [-0.3, -0.25) is 4.79 Å². The van der Waals surface area contributed by atoms with Crippen molar-refractivity contribution in [2.45, 2.75) is 45.1 Å². The number of ketones is 1. The number of aliphatic hydroxyl groups excluding tert-OH is 1. The summed E-state index contributed by atoms with van der Waals surface area (Å²) in [6.45, 7) is 2.20. The number of hydrogen-bond donors (Lipinski definition) is 1. The summed E-state index contributed by atoms with van der Waals surface area (Å²) >= 11 is 0. The summed E-state index contributed by atoms with van der Waals surface area (Å²) in [7, 11) is 0. The molecule has 0 bridgehead atoms. The highest BCUT2D eigenvalue weighted by atomic mass is 16.3. The van der Waals surface area contributed by atoms with Gasteiger partial charge in [0.15, 0.2) is 5.78 Å². The molecule has 1 aliphatic carbocycles. The van der Waals surface area contributed by atoms with Gasteiger partial charge in [-0.2, -0.15) is 0 Å². The van der Waals surface area contributed by atoms with Crippen LogP contribution in [0.25, 0.3) is 0 Å². The van der Waals surface area contributed by atoms with Crippen molar-refractivity contribution in [1.29, 1.82) is 0 Å². The molecule has 0 unspecified atom stereocenters. The number of aliphatic hydroxyl groups is 1. The van der Waals surface area contributed by atoms with Gasteiger partial charge in [-0.1, -0.05) is 19.3 Å². The molecule has 2 rings (SSSR count). The molecule has 1 saturated carbocycles. The second-order valence-corrected chi connectivity index (χ2v) is 5.14. The molecule has 4 nitrogen and oxygen atoms in total. The van der Waals surface area contributed by atoms with Crippen LogP contribution in [-0.2, 0) is 0 Å². The van der Waals surface area contributed by atoms with Crippen LogP contribution in [0.4, 0.5) is 5.82 Å². The molecule has 4 heteroatoms. The van der Waals surface area contributed by atoms with Crippen LogP contribution in [0.15, 0.2) is 18.3 Å². The Balaban J connectivity index is 2.29. The molecular weight excluding hydrogens is 240 g/mol. The topological polar surface area (TPSA) is 53.4 Å². The Morgan fingerprint density at radius 2 is 2.16 bits per heavy atom. The van der Waals surface area contributed by atoms with E-state index in [0.717, 1.165) is 18.7 Å². The molecule has 1 aromatic rings. The fraction of sp³-hybridized carbons (Fsp3) is 0.600. The SMILES string of the molecule is CC(=O)c1cccnc1N(CCO)C1CCCCC1. The minimum Gasteiger partial charge on any atom is -0.395 e. The van der Waals surface area contributed by atoms with E-state index in [9.17, 15) is 9.90 Å². The second-order valence-electron chi connectivity index (χ2n) is 5.14. The van der Waals surface area contributed by atoms with Gasteiger partial charge in [0.25, 0.3) is 0 Å². The van der Waals surface area contributed by atoms with E-state index in [-0.39, 0.29) is 12.4 Å². The van der Waals surface area contributed by atoms with Crippen LogP contribution in [0.5, 0.6) is 0 Å². The van der Waals surface area contributed by atoms with E-state index in [1.807, 2.05) is 6.07 Å². The highest BCUT2D eigenvalue weighted by molar-refractivity contribution is 5.98. The molecule has 0 radical (unpaired) electrons. The predicted molar refractivity (Wildman–Crippen MR) is 75.5 cm³/mol. The van der Waals surface area contributed by atoms with E-state index < -0.39 is 0 Å². The number of nitrogens with zero attached hydrogens (tertiary/aromatic N) is 2. The summed E-state index contributed by atoms with van der Waals surface area (Å²) in [4.78, 5) is 18.2. The van der Waals surface area contributed by atoms with E-state index >= 15 is 0 Å². The molecule has 0 aromatic carbocycles. The third-order valence-corrected chi connectivity index (χ3v) is 3.79. The van der Waals surface area contributed by atoms with E-state index in [1.54, 1.807) is 19.2 Å². The van der Waals surface area contributed by atoms with E-state index in [1.165, 1.54) is 19.3 Å². The van der Waals surface area contributed by atoms with Crippen LogP contribution < -0.4 is 4.90 Å². The van der Waals surface area contributed by atoms with Crippen LogP contribution in [-0.4, -0.2) is 35.1 Å². The van der Waals surface area contributed by atoms with Gasteiger partial charge in [-0.25, -0.2) is 4.98 Å². The lowest BCUT2D eigenvalue weighted by Crippen LogP contribution is -2.40. The van der Waals surface area contributed by atoms with Gasteiger partial charge in [0.1, 0.15) is 5.82 Å². The number of pyridine rings is 1. The van der Waals surface area contributed by atoms with Gasteiger partial charge in [0, 0.05) is 18.8 Å². The fourth-order valence-electron chi connectivity index (χ4n) is 2.86. The van der Waals surface area contributed by atoms with Crippen molar-refractivity contribution in [3.63, 3.8) is 0 Å². The van der Waals surface area contributed by atoms with E-state index in [4.69, 9.17) is 0 Å². The highest BCUT2D eigenvalue weighted by Gasteiger charge is 2.24. The molecule has 1 aliphatic rings. The average molecular weight is 262 g/mol. The summed E-state index contributed by atoms with van der Waals surface area (Å²) in [6, 6.07) is 4.00. The first-order valence-corrected chi connectivity index (χ1v) is 7.07. The van der Waals surface area contributed by atoms with Crippen molar-refractivity contribution < 1.29 is 9.90 Å². The maximum absolute atomic E-state index is 11.7. The largest absolute Gasteiger partial charge is 0.395 e.